The van der Waals surface area contributed by atoms with Crippen molar-refractivity contribution >= 4 is 27.5 Å². The monoisotopic (exact) mass is 303 g/mol. The van der Waals surface area contributed by atoms with E-state index in [1.165, 1.54) is 23.4 Å². The minimum absolute atomic E-state index is 0.0230. The molecule has 1 aromatic heterocycles. The van der Waals surface area contributed by atoms with Crippen LogP contribution in [0.25, 0.3) is 0 Å². The van der Waals surface area contributed by atoms with Gasteiger partial charge in [-0.15, -0.1) is 0 Å². The second kappa shape index (κ2) is 5.44. The van der Waals surface area contributed by atoms with E-state index in [-0.39, 0.29) is 21.9 Å². The summed E-state index contributed by atoms with van der Waals surface area (Å²) in [5.41, 5.74) is 0. The smallest absolute Gasteiger partial charge is 0.243 e. The Morgan fingerprint density at radius 3 is 2.89 bits per heavy atom. The first-order chi connectivity index (χ1) is 8.90. The molecule has 0 radical (unpaired) electrons. The van der Waals surface area contributed by atoms with Crippen LogP contribution >= 0.6 is 11.6 Å². The highest BCUT2D eigenvalue weighted by Crippen LogP contribution is 2.20. The molecule has 1 aliphatic heterocycles. The summed E-state index contributed by atoms with van der Waals surface area (Å²) in [6.45, 7) is 0.357. The van der Waals surface area contributed by atoms with Crippen LogP contribution in [0.2, 0.25) is 5.02 Å². The number of carbonyl (C=O) groups excluding carboxylic acids is 1. The van der Waals surface area contributed by atoms with Crippen molar-refractivity contribution < 1.29 is 13.2 Å². The van der Waals surface area contributed by atoms with Gasteiger partial charge >= 0.3 is 0 Å². The SMILES string of the molecule is CN1CC(NS(=O)(=O)c2cnccc2Cl)CCC1=O. The Balaban J connectivity index is 2.15. The van der Waals surface area contributed by atoms with Gasteiger partial charge in [0.05, 0.1) is 5.02 Å². The fourth-order valence-electron chi connectivity index (χ4n) is 1.95. The van der Waals surface area contributed by atoms with Crippen molar-refractivity contribution in [3.8, 4) is 0 Å². The molecule has 2 heterocycles. The second-order valence-corrected chi connectivity index (χ2v) is 6.53. The van der Waals surface area contributed by atoms with Crippen LogP contribution in [0.4, 0.5) is 0 Å². The minimum atomic E-state index is -3.71. The van der Waals surface area contributed by atoms with Crippen molar-refractivity contribution in [2.75, 3.05) is 13.6 Å². The largest absolute Gasteiger partial charge is 0.344 e. The first-order valence-corrected chi connectivity index (χ1v) is 7.62. The molecule has 1 amide bonds. The Labute approximate surface area is 116 Å². The molecule has 0 saturated carbocycles. The molecule has 1 N–H and O–H groups in total. The van der Waals surface area contributed by atoms with E-state index in [2.05, 4.69) is 9.71 Å². The molecular formula is C11H14ClN3O3S. The van der Waals surface area contributed by atoms with Crippen molar-refractivity contribution in [1.82, 2.24) is 14.6 Å². The Morgan fingerprint density at radius 2 is 2.26 bits per heavy atom. The number of likely N-dealkylation sites (tertiary alicyclic amines) is 1. The molecular weight excluding hydrogens is 290 g/mol. The van der Waals surface area contributed by atoms with E-state index in [0.29, 0.717) is 19.4 Å². The van der Waals surface area contributed by atoms with Gasteiger partial charge in [-0.25, -0.2) is 13.1 Å². The number of sulfonamides is 1. The van der Waals surface area contributed by atoms with E-state index >= 15 is 0 Å². The number of rotatable bonds is 3. The van der Waals surface area contributed by atoms with Crippen molar-refractivity contribution in [2.24, 2.45) is 0 Å². The Bertz CT molecular complexity index is 591. The minimum Gasteiger partial charge on any atom is -0.344 e. The van der Waals surface area contributed by atoms with Crippen LogP contribution in [0.1, 0.15) is 12.8 Å². The lowest BCUT2D eigenvalue weighted by Gasteiger charge is -2.29. The van der Waals surface area contributed by atoms with Gasteiger partial charge in [0.25, 0.3) is 0 Å². The molecule has 8 heteroatoms. The van der Waals surface area contributed by atoms with E-state index in [1.807, 2.05) is 0 Å². The Hall–Kier alpha value is -1.18. The van der Waals surface area contributed by atoms with Crippen LogP contribution < -0.4 is 4.72 Å². The van der Waals surface area contributed by atoms with Crippen LogP contribution in [-0.2, 0) is 14.8 Å². The summed E-state index contributed by atoms with van der Waals surface area (Å²) in [7, 11) is -2.06. The van der Waals surface area contributed by atoms with Crippen LogP contribution in [-0.4, -0.2) is 43.8 Å². The summed E-state index contributed by atoms with van der Waals surface area (Å²) < 4.78 is 26.9. The number of nitrogens with one attached hydrogen (secondary N) is 1. The van der Waals surface area contributed by atoms with Gasteiger partial charge in [-0.2, -0.15) is 0 Å². The standard InChI is InChI=1S/C11H14ClN3O3S/c1-15-7-8(2-3-11(15)16)14-19(17,18)10-6-13-5-4-9(10)12/h4-6,8,14H,2-3,7H2,1H3. The zero-order valence-corrected chi connectivity index (χ0v) is 11.9. The molecule has 1 saturated heterocycles. The van der Waals surface area contributed by atoms with E-state index < -0.39 is 10.0 Å². The number of pyridine rings is 1. The molecule has 1 aliphatic rings. The first kappa shape index (κ1) is 14.2. The Kier molecular flexibility index (Phi) is 4.07. The third-order valence-corrected chi connectivity index (χ3v) is 4.96. The molecule has 6 nitrogen and oxygen atoms in total. The first-order valence-electron chi connectivity index (χ1n) is 5.76. The molecule has 2 rings (SSSR count). The molecule has 1 aromatic rings. The fourth-order valence-corrected chi connectivity index (χ4v) is 3.64. The lowest BCUT2D eigenvalue weighted by molar-refractivity contribution is -0.132. The third kappa shape index (κ3) is 3.23. The average Bonchev–Trinajstić information content (AvgIpc) is 2.34. The van der Waals surface area contributed by atoms with E-state index in [9.17, 15) is 13.2 Å². The van der Waals surface area contributed by atoms with E-state index in [1.54, 1.807) is 7.05 Å². The molecule has 1 fully saturated rings. The summed E-state index contributed by atoms with van der Waals surface area (Å²) in [5, 5.41) is 0.128. The molecule has 0 aromatic carbocycles. The number of aromatic nitrogens is 1. The van der Waals surface area contributed by atoms with E-state index in [4.69, 9.17) is 11.6 Å². The number of carbonyl (C=O) groups is 1. The highest BCUT2D eigenvalue weighted by atomic mass is 35.5. The quantitative estimate of drug-likeness (QED) is 0.888. The number of nitrogens with zero attached hydrogens (tertiary/aromatic N) is 2. The Morgan fingerprint density at radius 1 is 1.53 bits per heavy atom. The third-order valence-electron chi connectivity index (χ3n) is 2.97. The number of halogens is 1. The van der Waals surface area contributed by atoms with Crippen LogP contribution in [0.5, 0.6) is 0 Å². The van der Waals surface area contributed by atoms with Crippen molar-refractivity contribution in [2.45, 2.75) is 23.8 Å². The van der Waals surface area contributed by atoms with Gasteiger partial charge in [0.15, 0.2) is 0 Å². The molecule has 104 valence electrons. The molecule has 1 unspecified atom stereocenters. The highest BCUT2D eigenvalue weighted by molar-refractivity contribution is 7.89. The van der Waals surface area contributed by atoms with Gasteiger partial charge in [-0.1, -0.05) is 11.6 Å². The van der Waals surface area contributed by atoms with Crippen molar-refractivity contribution in [3.63, 3.8) is 0 Å². The predicted octanol–water partition coefficient (Wildman–Crippen LogP) is 0.634. The number of hydrogen-bond donors (Lipinski definition) is 1. The maximum Gasteiger partial charge on any atom is 0.243 e. The second-order valence-electron chi connectivity index (χ2n) is 4.44. The van der Waals surface area contributed by atoms with Crippen molar-refractivity contribution in [3.05, 3.63) is 23.5 Å². The summed E-state index contributed by atoms with van der Waals surface area (Å²) in [6, 6.07) is 1.12. The average molecular weight is 304 g/mol. The van der Waals surface area contributed by atoms with Gasteiger partial charge < -0.3 is 4.90 Å². The molecule has 0 spiro atoms. The van der Waals surface area contributed by atoms with Gasteiger partial charge in [-0.3, -0.25) is 9.78 Å². The van der Waals surface area contributed by atoms with Gasteiger partial charge in [-0.05, 0) is 12.5 Å². The van der Waals surface area contributed by atoms with Crippen LogP contribution in [0.15, 0.2) is 23.4 Å². The summed E-state index contributed by atoms with van der Waals surface area (Å²) in [4.78, 5) is 16.6. The number of likely N-dealkylation sites (N-methyl/N-ethyl adjacent to an activating group) is 1. The topological polar surface area (TPSA) is 79.4 Å². The zero-order chi connectivity index (χ0) is 14.0. The normalized spacial score (nSPS) is 20.6. The van der Waals surface area contributed by atoms with Crippen LogP contribution in [0, 0.1) is 0 Å². The van der Waals surface area contributed by atoms with Crippen LogP contribution in [0.3, 0.4) is 0 Å². The summed E-state index contributed by atoms with van der Waals surface area (Å²) in [5.74, 6) is 0.0230. The highest BCUT2D eigenvalue weighted by Gasteiger charge is 2.28. The summed E-state index contributed by atoms with van der Waals surface area (Å²) in [6.07, 6.45) is 3.46. The molecule has 0 bridgehead atoms. The van der Waals surface area contributed by atoms with Gasteiger partial charge in [0.2, 0.25) is 15.9 Å². The lowest BCUT2D eigenvalue weighted by atomic mass is 10.1. The van der Waals surface area contributed by atoms with Crippen molar-refractivity contribution in [1.29, 1.82) is 0 Å². The molecule has 19 heavy (non-hydrogen) atoms. The summed E-state index contributed by atoms with van der Waals surface area (Å²) >= 11 is 5.85. The number of piperidine rings is 1. The fraction of sp³-hybridized carbons (Fsp3) is 0.455. The van der Waals surface area contributed by atoms with Gasteiger partial charge in [0.1, 0.15) is 4.90 Å². The number of hydrogen-bond acceptors (Lipinski definition) is 4. The zero-order valence-electron chi connectivity index (χ0n) is 10.3. The lowest BCUT2D eigenvalue weighted by Crippen LogP contribution is -2.48. The number of amides is 1. The molecule has 0 aliphatic carbocycles. The van der Waals surface area contributed by atoms with E-state index in [0.717, 1.165) is 0 Å². The maximum atomic E-state index is 12.2. The molecule has 1 atom stereocenters. The van der Waals surface area contributed by atoms with Gasteiger partial charge in [0, 0.05) is 38.4 Å². The predicted molar refractivity (Wildman–Crippen MR) is 70.2 cm³/mol. The maximum absolute atomic E-state index is 12.2.